The third-order valence-corrected chi connectivity index (χ3v) is 6.52. The first-order chi connectivity index (χ1) is 11.7. The van der Waals surface area contributed by atoms with Crippen LogP contribution in [-0.2, 0) is 17.8 Å². The van der Waals surface area contributed by atoms with E-state index < -0.39 is 0 Å². The van der Waals surface area contributed by atoms with E-state index in [1.54, 1.807) is 22.7 Å². The SMILES string of the molecule is Cc1nc(CN2CCOC[C@@]3(CCN(Cc4nccs4)C3)C2)cs1. The average molecular weight is 365 g/mol. The zero-order valence-corrected chi connectivity index (χ0v) is 15.7. The molecule has 1 spiro atoms. The fourth-order valence-electron chi connectivity index (χ4n) is 3.86. The predicted molar refractivity (Wildman–Crippen MR) is 97.4 cm³/mol. The molecule has 0 aromatic carbocycles. The van der Waals surface area contributed by atoms with Gasteiger partial charge in [0.15, 0.2) is 0 Å². The van der Waals surface area contributed by atoms with Gasteiger partial charge in [0.25, 0.3) is 0 Å². The molecule has 0 saturated carbocycles. The molecule has 0 amide bonds. The minimum atomic E-state index is 0.263. The molecular formula is C17H24N4OS2. The van der Waals surface area contributed by atoms with E-state index in [-0.39, 0.29) is 5.41 Å². The number of hydrogen-bond acceptors (Lipinski definition) is 7. The molecule has 2 fully saturated rings. The third kappa shape index (κ3) is 3.86. The average Bonchev–Trinajstić information content (AvgIpc) is 3.25. The lowest BCUT2D eigenvalue weighted by Gasteiger charge is -2.31. The standard InChI is InChI=1S/C17H24N4OS2/c1-14-19-15(10-24-14)8-21-5-6-22-13-17(12-21)2-4-20(11-17)9-16-18-3-7-23-16/h3,7,10H,2,4-6,8-9,11-13H2,1H3/t17-/m1/s1. The number of nitrogens with zero attached hydrogens (tertiary/aromatic N) is 4. The van der Waals surface area contributed by atoms with Gasteiger partial charge < -0.3 is 4.74 Å². The van der Waals surface area contributed by atoms with Gasteiger partial charge in [0.2, 0.25) is 0 Å². The van der Waals surface area contributed by atoms with Crippen LogP contribution in [0.25, 0.3) is 0 Å². The predicted octanol–water partition coefficient (Wildman–Crippen LogP) is 2.63. The van der Waals surface area contributed by atoms with E-state index in [2.05, 4.69) is 37.5 Å². The highest BCUT2D eigenvalue weighted by Crippen LogP contribution is 2.34. The summed E-state index contributed by atoms with van der Waals surface area (Å²) in [6, 6.07) is 0. The van der Waals surface area contributed by atoms with Gasteiger partial charge in [0.05, 0.1) is 30.5 Å². The molecule has 0 radical (unpaired) electrons. The Morgan fingerprint density at radius 3 is 2.83 bits per heavy atom. The minimum Gasteiger partial charge on any atom is -0.379 e. The molecule has 5 nitrogen and oxygen atoms in total. The van der Waals surface area contributed by atoms with Crippen LogP contribution in [-0.4, -0.2) is 59.2 Å². The number of likely N-dealkylation sites (tertiary alicyclic amines) is 1. The molecular weight excluding hydrogens is 340 g/mol. The highest BCUT2D eigenvalue weighted by Gasteiger charge is 2.41. The monoisotopic (exact) mass is 364 g/mol. The van der Waals surface area contributed by atoms with Crippen LogP contribution in [0.3, 0.4) is 0 Å². The van der Waals surface area contributed by atoms with E-state index in [4.69, 9.17) is 4.74 Å². The Hall–Kier alpha value is -0.860. The molecule has 4 rings (SSSR count). The first kappa shape index (κ1) is 16.6. The lowest BCUT2D eigenvalue weighted by Crippen LogP contribution is -2.40. The second-order valence-corrected chi connectivity index (χ2v) is 9.05. The van der Waals surface area contributed by atoms with Crippen LogP contribution in [0.5, 0.6) is 0 Å². The fourth-order valence-corrected chi connectivity index (χ4v) is 5.12. The molecule has 2 aromatic rings. The normalized spacial score (nSPS) is 26.2. The van der Waals surface area contributed by atoms with E-state index in [0.717, 1.165) is 57.5 Å². The molecule has 1 atom stereocenters. The molecule has 130 valence electrons. The Morgan fingerprint density at radius 1 is 1.21 bits per heavy atom. The van der Waals surface area contributed by atoms with Gasteiger partial charge in [-0.25, -0.2) is 9.97 Å². The largest absolute Gasteiger partial charge is 0.379 e. The van der Waals surface area contributed by atoms with E-state index in [0.29, 0.717) is 0 Å². The maximum Gasteiger partial charge on any atom is 0.107 e. The summed E-state index contributed by atoms with van der Waals surface area (Å²) in [4.78, 5) is 14.1. The molecule has 0 bridgehead atoms. The topological polar surface area (TPSA) is 41.5 Å². The summed E-state index contributed by atoms with van der Waals surface area (Å²) in [5.74, 6) is 0. The summed E-state index contributed by atoms with van der Waals surface area (Å²) >= 11 is 3.49. The molecule has 24 heavy (non-hydrogen) atoms. The molecule has 0 aliphatic carbocycles. The molecule has 2 saturated heterocycles. The molecule has 2 aliphatic rings. The number of hydrogen-bond donors (Lipinski definition) is 0. The van der Waals surface area contributed by atoms with Crippen molar-refractivity contribution in [1.29, 1.82) is 0 Å². The zero-order chi connectivity index (χ0) is 16.4. The first-order valence-corrected chi connectivity index (χ1v) is 10.3. The number of ether oxygens (including phenoxy) is 1. The van der Waals surface area contributed by atoms with Crippen molar-refractivity contribution < 1.29 is 4.74 Å². The van der Waals surface area contributed by atoms with Crippen LogP contribution < -0.4 is 0 Å². The Bertz CT molecular complexity index is 659. The summed E-state index contributed by atoms with van der Waals surface area (Å²) < 4.78 is 5.99. The molecule has 2 aromatic heterocycles. The van der Waals surface area contributed by atoms with Gasteiger partial charge >= 0.3 is 0 Å². The van der Waals surface area contributed by atoms with Gasteiger partial charge in [0, 0.05) is 48.6 Å². The van der Waals surface area contributed by atoms with Crippen molar-refractivity contribution in [3.63, 3.8) is 0 Å². The maximum absolute atomic E-state index is 5.99. The Morgan fingerprint density at radius 2 is 2.08 bits per heavy atom. The van der Waals surface area contributed by atoms with Crippen molar-refractivity contribution in [2.45, 2.75) is 26.4 Å². The molecule has 2 aliphatic heterocycles. The number of rotatable bonds is 4. The van der Waals surface area contributed by atoms with Gasteiger partial charge in [-0.3, -0.25) is 9.80 Å². The summed E-state index contributed by atoms with van der Waals surface area (Å²) in [5.41, 5.74) is 1.46. The van der Waals surface area contributed by atoms with Crippen molar-refractivity contribution in [2.75, 3.05) is 39.4 Å². The second-order valence-electron chi connectivity index (χ2n) is 7.01. The highest BCUT2D eigenvalue weighted by atomic mass is 32.1. The van der Waals surface area contributed by atoms with Gasteiger partial charge in [-0.05, 0) is 19.9 Å². The lowest BCUT2D eigenvalue weighted by atomic mass is 9.87. The Labute approximate surface area is 151 Å². The second kappa shape index (κ2) is 7.17. The highest BCUT2D eigenvalue weighted by molar-refractivity contribution is 7.09. The summed E-state index contributed by atoms with van der Waals surface area (Å²) in [6.45, 7) is 10.1. The van der Waals surface area contributed by atoms with Crippen molar-refractivity contribution in [3.05, 3.63) is 32.7 Å². The van der Waals surface area contributed by atoms with E-state index in [1.807, 2.05) is 6.20 Å². The van der Waals surface area contributed by atoms with Crippen LogP contribution in [0, 0.1) is 12.3 Å². The minimum absolute atomic E-state index is 0.263. The van der Waals surface area contributed by atoms with Gasteiger partial charge in [0.1, 0.15) is 5.01 Å². The molecule has 7 heteroatoms. The summed E-state index contributed by atoms with van der Waals surface area (Å²) in [6.07, 6.45) is 3.11. The van der Waals surface area contributed by atoms with E-state index in [9.17, 15) is 0 Å². The fraction of sp³-hybridized carbons (Fsp3) is 0.647. The smallest absolute Gasteiger partial charge is 0.107 e. The van der Waals surface area contributed by atoms with Crippen molar-refractivity contribution in [2.24, 2.45) is 5.41 Å². The zero-order valence-electron chi connectivity index (χ0n) is 14.1. The quantitative estimate of drug-likeness (QED) is 0.834. The van der Waals surface area contributed by atoms with Crippen LogP contribution in [0.2, 0.25) is 0 Å². The first-order valence-electron chi connectivity index (χ1n) is 8.53. The molecule has 0 N–H and O–H groups in total. The van der Waals surface area contributed by atoms with Crippen LogP contribution >= 0.6 is 22.7 Å². The summed E-state index contributed by atoms with van der Waals surface area (Å²) in [7, 11) is 0. The van der Waals surface area contributed by atoms with Crippen LogP contribution in [0.4, 0.5) is 0 Å². The van der Waals surface area contributed by atoms with Crippen molar-refractivity contribution >= 4 is 22.7 Å². The maximum atomic E-state index is 5.99. The number of thiazole rings is 2. The molecule has 4 heterocycles. The van der Waals surface area contributed by atoms with E-state index >= 15 is 0 Å². The third-order valence-electron chi connectivity index (χ3n) is 4.93. The van der Waals surface area contributed by atoms with Gasteiger partial charge in [-0.1, -0.05) is 0 Å². The van der Waals surface area contributed by atoms with E-state index in [1.165, 1.54) is 17.1 Å². The van der Waals surface area contributed by atoms with Crippen LogP contribution in [0.1, 0.15) is 22.1 Å². The van der Waals surface area contributed by atoms with Gasteiger partial charge in [-0.15, -0.1) is 22.7 Å². The lowest BCUT2D eigenvalue weighted by molar-refractivity contribution is 0.0706. The van der Waals surface area contributed by atoms with Crippen molar-refractivity contribution in [3.8, 4) is 0 Å². The Balaban J connectivity index is 1.40. The van der Waals surface area contributed by atoms with Gasteiger partial charge in [-0.2, -0.15) is 0 Å². The van der Waals surface area contributed by atoms with Crippen molar-refractivity contribution in [1.82, 2.24) is 19.8 Å². The number of aryl methyl sites for hydroxylation is 1. The van der Waals surface area contributed by atoms with Crippen LogP contribution in [0.15, 0.2) is 17.0 Å². The Kier molecular flexibility index (Phi) is 4.96. The summed E-state index contributed by atoms with van der Waals surface area (Å²) in [5, 5.41) is 6.63. The molecule has 0 unspecified atom stereocenters. The number of aromatic nitrogens is 2.